The fourth-order valence-electron chi connectivity index (χ4n) is 2.67. The van der Waals surface area contributed by atoms with Gasteiger partial charge in [0.2, 0.25) is 0 Å². The molecule has 2 heteroatoms. The lowest BCUT2D eigenvalue weighted by atomic mass is 9.98. The third-order valence-corrected chi connectivity index (χ3v) is 4.08. The Morgan fingerprint density at radius 3 is 2.62 bits per heavy atom. The van der Waals surface area contributed by atoms with Gasteiger partial charge in [0, 0.05) is 24.7 Å². The van der Waals surface area contributed by atoms with Crippen molar-refractivity contribution in [2.24, 2.45) is 0 Å². The maximum atomic E-state index is 3.63. The number of piperidine rings is 1. The molecule has 0 aromatic carbocycles. The molecule has 0 amide bonds. The van der Waals surface area contributed by atoms with Crippen molar-refractivity contribution in [1.82, 2.24) is 10.2 Å². The summed E-state index contributed by atoms with van der Waals surface area (Å²) in [6.07, 6.45) is 6.77. The molecule has 1 saturated heterocycles. The summed E-state index contributed by atoms with van der Waals surface area (Å²) >= 11 is 0. The predicted molar refractivity (Wildman–Crippen MR) is 71.9 cm³/mol. The molecule has 0 radical (unpaired) electrons. The van der Waals surface area contributed by atoms with Gasteiger partial charge in [0.05, 0.1) is 0 Å². The Labute approximate surface area is 102 Å². The van der Waals surface area contributed by atoms with Crippen LogP contribution in [0.15, 0.2) is 0 Å². The lowest BCUT2D eigenvalue weighted by Crippen LogP contribution is -2.49. The Bertz CT molecular complexity index is 182. The van der Waals surface area contributed by atoms with Crippen LogP contribution in [0, 0.1) is 0 Å². The highest BCUT2D eigenvalue weighted by Gasteiger charge is 2.24. The van der Waals surface area contributed by atoms with Crippen molar-refractivity contribution in [3.8, 4) is 0 Å². The van der Waals surface area contributed by atoms with Crippen LogP contribution in [0.5, 0.6) is 0 Å². The van der Waals surface area contributed by atoms with E-state index in [2.05, 4.69) is 37.9 Å². The average molecular weight is 226 g/mol. The maximum Gasteiger partial charge on any atom is 0.0195 e. The van der Waals surface area contributed by atoms with Crippen LogP contribution >= 0.6 is 0 Å². The molecule has 0 aliphatic carbocycles. The second-order valence-corrected chi connectivity index (χ2v) is 5.36. The summed E-state index contributed by atoms with van der Waals surface area (Å²) in [5.74, 6) is 0. The van der Waals surface area contributed by atoms with Crippen molar-refractivity contribution >= 4 is 0 Å². The lowest BCUT2D eigenvalue weighted by molar-refractivity contribution is 0.0978. The highest BCUT2D eigenvalue weighted by atomic mass is 15.2. The van der Waals surface area contributed by atoms with Crippen molar-refractivity contribution in [2.75, 3.05) is 13.1 Å². The molecule has 1 aliphatic heterocycles. The van der Waals surface area contributed by atoms with E-state index >= 15 is 0 Å². The second kappa shape index (κ2) is 7.29. The maximum absolute atomic E-state index is 3.63. The number of hydrogen-bond donors (Lipinski definition) is 1. The van der Waals surface area contributed by atoms with E-state index in [9.17, 15) is 0 Å². The summed E-state index contributed by atoms with van der Waals surface area (Å²) in [6.45, 7) is 11.7. The minimum Gasteiger partial charge on any atom is -0.313 e. The SMILES string of the molecule is CCC(C)NCC(C)N1CCCCC1CC. The molecule has 16 heavy (non-hydrogen) atoms. The van der Waals surface area contributed by atoms with Crippen molar-refractivity contribution in [2.45, 2.75) is 77.9 Å². The zero-order valence-electron chi connectivity index (χ0n) is 11.6. The molecule has 1 heterocycles. The van der Waals surface area contributed by atoms with E-state index in [0.29, 0.717) is 12.1 Å². The molecule has 3 unspecified atom stereocenters. The Kier molecular flexibility index (Phi) is 6.37. The molecular weight excluding hydrogens is 196 g/mol. The van der Waals surface area contributed by atoms with Crippen LogP contribution in [0.25, 0.3) is 0 Å². The van der Waals surface area contributed by atoms with E-state index in [1.54, 1.807) is 0 Å². The number of rotatable bonds is 6. The largest absolute Gasteiger partial charge is 0.313 e. The first-order valence-electron chi connectivity index (χ1n) is 7.18. The van der Waals surface area contributed by atoms with Gasteiger partial charge in [0.15, 0.2) is 0 Å². The second-order valence-electron chi connectivity index (χ2n) is 5.36. The third kappa shape index (κ3) is 4.06. The fraction of sp³-hybridized carbons (Fsp3) is 1.00. The standard InChI is InChI=1S/C14H30N2/c1-5-12(3)15-11-13(4)16-10-8-7-9-14(16)6-2/h12-15H,5-11H2,1-4H3. The summed E-state index contributed by atoms with van der Waals surface area (Å²) < 4.78 is 0. The van der Waals surface area contributed by atoms with Gasteiger partial charge in [-0.05, 0) is 46.1 Å². The minimum absolute atomic E-state index is 0.660. The first-order valence-corrected chi connectivity index (χ1v) is 7.18. The average Bonchev–Trinajstić information content (AvgIpc) is 2.35. The fourth-order valence-corrected chi connectivity index (χ4v) is 2.67. The molecule has 1 aliphatic rings. The zero-order valence-corrected chi connectivity index (χ0v) is 11.6. The van der Waals surface area contributed by atoms with E-state index in [0.717, 1.165) is 12.6 Å². The summed E-state index contributed by atoms with van der Waals surface area (Å²) in [6, 6.07) is 2.19. The van der Waals surface area contributed by atoms with Crippen LogP contribution in [-0.2, 0) is 0 Å². The van der Waals surface area contributed by atoms with Crippen LogP contribution in [0.1, 0.15) is 59.8 Å². The molecule has 3 atom stereocenters. The van der Waals surface area contributed by atoms with Crippen molar-refractivity contribution in [3.05, 3.63) is 0 Å². The highest BCUT2D eigenvalue weighted by Crippen LogP contribution is 2.21. The van der Waals surface area contributed by atoms with E-state index in [1.165, 1.54) is 38.6 Å². The van der Waals surface area contributed by atoms with E-state index < -0.39 is 0 Å². The third-order valence-electron chi connectivity index (χ3n) is 4.08. The normalized spacial score (nSPS) is 26.6. The molecule has 96 valence electrons. The Balaban J connectivity index is 2.35. The molecule has 2 nitrogen and oxygen atoms in total. The molecule has 1 rings (SSSR count). The van der Waals surface area contributed by atoms with Crippen LogP contribution in [0.4, 0.5) is 0 Å². The van der Waals surface area contributed by atoms with Gasteiger partial charge in [0.25, 0.3) is 0 Å². The van der Waals surface area contributed by atoms with Gasteiger partial charge < -0.3 is 5.32 Å². The van der Waals surface area contributed by atoms with Gasteiger partial charge in [-0.15, -0.1) is 0 Å². The van der Waals surface area contributed by atoms with Gasteiger partial charge in [-0.25, -0.2) is 0 Å². The summed E-state index contributed by atoms with van der Waals surface area (Å²) in [5, 5.41) is 3.63. The molecule has 0 saturated carbocycles. The quantitative estimate of drug-likeness (QED) is 0.749. The van der Waals surface area contributed by atoms with E-state index in [4.69, 9.17) is 0 Å². The number of nitrogens with zero attached hydrogens (tertiary/aromatic N) is 1. The van der Waals surface area contributed by atoms with Gasteiger partial charge in [-0.1, -0.05) is 20.3 Å². The molecule has 0 spiro atoms. The topological polar surface area (TPSA) is 15.3 Å². The Morgan fingerprint density at radius 2 is 2.00 bits per heavy atom. The van der Waals surface area contributed by atoms with Crippen LogP contribution in [0.2, 0.25) is 0 Å². The monoisotopic (exact) mass is 226 g/mol. The smallest absolute Gasteiger partial charge is 0.0195 e. The Morgan fingerprint density at radius 1 is 1.25 bits per heavy atom. The molecular formula is C14H30N2. The van der Waals surface area contributed by atoms with Crippen molar-refractivity contribution in [3.63, 3.8) is 0 Å². The molecule has 1 N–H and O–H groups in total. The van der Waals surface area contributed by atoms with E-state index in [1.807, 2.05) is 0 Å². The van der Waals surface area contributed by atoms with Crippen LogP contribution < -0.4 is 5.32 Å². The number of hydrogen-bond acceptors (Lipinski definition) is 2. The summed E-state index contributed by atoms with van der Waals surface area (Å²) in [5.41, 5.74) is 0. The van der Waals surface area contributed by atoms with Crippen LogP contribution in [-0.4, -0.2) is 36.1 Å². The predicted octanol–water partition coefficient (Wildman–Crippen LogP) is 3.03. The molecule has 0 aromatic rings. The van der Waals surface area contributed by atoms with E-state index in [-0.39, 0.29) is 0 Å². The summed E-state index contributed by atoms with van der Waals surface area (Å²) in [4.78, 5) is 2.72. The first-order chi connectivity index (χ1) is 7.69. The van der Waals surface area contributed by atoms with Gasteiger partial charge in [0.1, 0.15) is 0 Å². The number of nitrogens with one attached hydrogen (secondary N) is 1. The number of likely N-dealkylation sites (tertiary alicyclic amines) is 1. The van der Waals surface area contributed by atoms with Crippen molar-refractivity contribution < 1.29 is 0 Å². The minimum atomic E-state index is 0.660. The molecule has 1 fully saturated rings. The lowest BCUT2D eigenvalue weighted by Gasteiger charge is -2.40. The first kappa shape index (κ1) is 14.0. The van der Waals surface area contributed by atoms with Crippen molar-refractivity contribution in [1.29, 1.82) is 0 Å². The van der Waals surface area contributed by atoms with Gasteiger partial charge in [-0.3, -0.25) is 4.90 Å². The molecule has 0 aromatic heterocycles. The van der Waals surface area contributed by atoms with Gasteiger partial charge in [-0.2, -0.15) is 0 Å². The zero-order chi connectivity index (χ0) is 12.0. The Hall–Kier alpha value is -0.0800. The van der Waals surface area contributed by atoms with Crippen LogP contribution in [0.3, 0.4) is 0 Å². The van der Waals surface area contributed by atoms with Gasteiger partial charge >= 0.3 is 0 Å². The molecule has 0 bridgehead atoms. The highest BCUT2D eigenvalue weighted by molar-refractivity contribution is 4.81. The summed E-state index contributed by atoms with van der Waals surface area (Å²) in [7, 11) is 0.